The van der Waals surface area contributed by atoms with E-state index in [1.165, 1.54) is 0 Å². The molecule has 0 aromatic heterocycles. The molecule has 0 aliphatic carbocycles. The van der Waals surface area contributed by atoms with Crippen LogP contribution >= 0.6 is 7.91 Å². The van der Waals surface area contributed by atoms with Crippen molar-refractivity contribution >= 4 is 7.91 Å². The summed E-state index contributed by atoms with van der Waals surface area (Å²) in [7, 11) is -4.62. The van der Waals surface area contributed by atoms with Gasteiger partial charge in [0.1, 0.15) is 12.8 Å². The molecule has 0 aromatic carbocycles. The average molecular weight is 204 g/mol. The molecule has 0 N–H and O–H groups in total. The van der Waals surface area contributed by atoms with Crippen LogP contribution in [0, 0.1) is 5.92 Å². The van der Waals surface area contributed by atoms with E-state index in [4.69, 9.17) is 0 Å². The molecule has 7 heteroatoms. The van der Waals surface area contributed by atoms with Gasteiger partial charge in [-0.05, 0) is 0 Å². The van der Waals surface area contributed by atoms with Crippen LogP contribution < -0.4 is 0 Å². The molecule has 0 aromatic rings. The van der Waals surface area contributed by atoms with Crippen LogP contribution in [-0.4, -0.2) is 26.1 Å². The second-order valence-corrected chi connectivity index (χ2v) is 3.77. The molecule has 1 rings (SSSR count). The summed E-state index contributed by atoms with van der Waals surface area (Å²) in [4.78, 5) is 0. The van der Waals surface area contributed by atoms with Crippen molar-refractivity contribution in [2.24, 2.45) is 5.92 Å². The van der Waals surface area contributed by atoms with Gasteiger partial charge in [0.25, 0.3) is 0 Å². The van der Waals surface area contributed by atoms with E-state index in [2.05, 4.69) is 9.05 Å². The van der Waals surface area contributed by atoms with Crippen molar-refractivity contribution in [3.63, 3.8) is 0 Å². The largest absolute Gasteiger partial charge is 0.513 e. The number of hydrogen-bond acceptors (Lipinski definition) is 3. The Morgan fingerprint density at radius 1 is 1.42 bits per heavy atom. The Kier molecular flexibility index (Phi) is 3.15. The van der Waals surface area contributed by atoms with Crippen molar-refractivity contribution in [2.45, 2.75) is 6.10 Å². The maximum Gasteiger partial charge on any atom is 0.513 e. The Balaban J connectivity index is 2.59. The maximum absolute atomic E-state index is 12.4. The molecule has 1 aliphatic rings. The highest BCUT2D eigenvalue weighted by molar-refractivity contribution is 7.48. The van der Waals surface area contributed by atoms with Gasteiger partial charge < -0.3 is 0 Å². The molecule has 3 unspecified atom stereocenters. The summed E-state index contributed by atoms with van der Waals surface area (Å²) >= 11 is 0. The van der Waals surface area contributed by atoms with Gasteiger partial charge in [0.2, 0.25) is 0 Å². The van der Waals surface area contributed by atoms with Gasteiger partial charge in [0.05, 0.1) is 13.3 Å². The average Bonchev–Trinajstić information content (AvgIpc) is 2.03. The van der Waals surface area contributed by atoms with Crippen molar-refractivity contribution in [2.75, 3.05) is 20.0 Å². The van der Waals surface area contributed by atoms with Crippen molar-refractivity contribution in [3.05, 3.63) is 0 Å². The molecule has 0 radical (unpaired) electrons. The molecule has 1 heterocycles. The minimum Gasteiger partial charge on any atom is -0.283 e. The summed E-state index contributed by atoms with van der Waals surface area (Å²) in [6, 6.07) is 0. The Morgan fingerprint density at radius 2 is 2.08 bits per heavy atom. The highest BCUT2D eigenvalue weighted by atomic mass is 31.2. The molecule has 3 nitrogen and oxygen atoms in total. The quantitative estimate of drug-likeness (QED) is 0.645. The monoisotopic (exact) mass is 204 g/mol. The van der Waals surface area contributed by atoms with Gasteiger partial charge in [0, 0.05) is 5.92 Å². The van der Waals surface area contributed by atoms with Gasteiger partial charge in [-0.25, -0.2) is 8.96 Å². The van der Waals surface area contributed by atoms with Gasteiger partial charge in [-0.2, -0.15) is 0 Å². The summed E-state index contributed by atoms with van der Waals surface area (Å²) < 4.78 is 55.1. The molecular formula is C5H8F3O3P. The summed E-state index contributed by atoms with van der Waals surface area (Å²) in [6.07, 6.45) is -1.29. The van der Waals surface area contributed by atoms with Gasteiger partial charge in [0.15, 0.2) is 0 Å². The fourth-order valence-corrected chi connectivity index (χ4v) is 1.85. The normalized spacial score (nSPS) is 42.9. The molecule has 1 saturated heterocycles. The third-order valence-corrected chi connectivity index (χ3v) is 2.56. The third-order valence-electron chi connectivity index (χ3n) is 1.58. The summed E-state index contributed by atoms with van der Waals surface area (Å²) in [6.45, 7) is -2.35. The van der Waals surface area contributed by atoms with Crippen molar-refractivity contribution in [1.82, 2.24) is 0 Å². The number of halogens is 3. The fraction of sp³-hybridized carbons (Fsp3) is 1.00. The minimum absolute atomic E-state index is 0.404. The van der Waals surface area contributed by atoms with Gasteiger partial charge in [-0.3, -0.25) is 13.4 Å². The van der Waals surface area contributed by atoms with E-state index in [1.54, 1.807) is 0 Å². The summed E-state index contributed by atoms with van der Waals surface area (Å²) in [5, 5.41) is 0. The predicted molar refractivity (Wildman–Crippen MR) is 35.0 cm³/mol. The Morgan fingerprint density at radius 3 is 2.58 bits per heavy atom. The lowest BCUT2D eigenvalue weighted by molar-refractivity contribution is -0.00942. The first-order valence-corrected chi connectivity index (χ1v) is 4.77. The fourth-order valence-electron chi connectivity index (χ4n) is 0.868. The molecule has 0 spiro atoms. The number of hydrogen-bond donors (Lipinski definition) is 0. The van der Waals surface area contributed by atoms with Crippen LogP contribution in [0.2, 0.25) is 0 Å². The van der Waals surface area contributed by atoms with E-state index < -0.39 is 39.9 Å². The Hall–Kier alpha value is -0.0600. The van der Waals surface area contributed by atoms with Gasteiger partial charge in [-0.1, -0.05) is 0 Å². The van der Waals surface area contributed by atoms with E-state index in [0.29, 0.717) is 0 Å². The van der Waals surface area contributed by atoms with Crippen LogP contribution in [0.5, 0.6) is 0 Å². The second-order valence-electron chi connectivity index (χ2n) is 2.44. The zero-order chi connectivity index (χ0) is 9.19. The molecule has 1 aliphatic heterocycles. The van der Waals surface area contributed by atoms with Crippen LogP contribution in [0.25, 0.3) is 0 Å². The first kappa shape index (κ1) is 10.0. The molecule has 3 atom stereocenters. The zero-order valence-corrected chi connectivity index (χ0v) is 6.98. The maximum atomic E-state index is 12.4. The van der Waals surface area contributed by atoms with E-state index >= 15 is 0 Å². The number of rotatable bonds is 2. The first-order valence-electron chi connectivity index (χ1n) is 3.33. The minimum atomic E-state index is -4.62. The highest BCUT2D eigenvalue weighted by Crippen LogP contribution is 2.54. The van der Waals surface area contributed by atoms with E-state index in [-0.39, 0.29) is 0 Å². The van der Waals surface area contributed by atoms with Crippen LogP contribution in [0.3, 0.4) is 0 Å². The summed E-state index contributed by atoms with van der Waals surface area (Å²) in [5.41, 5.74) is 0. The first-order chi connectivity index (χ1) is 5.59. The molecule has 1 fully saturated rings. The van der Waals surface area contributed by atoms with E-state index in [0.717, 1.165) is 0 Å². The second kappa shape index (κ2) is 3.77. The lowest BCUT2D eigenvalue weighted by Crippen LogP contribution is -2.34. The Labute approximate surface area is 67.5 Å². The van der Waals surface area contributed by atoms with E-state index in [1.807, 2.05) is 0 Å². The summed E-state index contributed by atoms with van der Waals surface area (Å²) in [5.74, 6) is -0.868. The van der Waals surface area contributed by atoms with Crippen molar-refractivity contribution in [1.29, 1.82) is 0 Å². The SMILES string of the molecule is O=P1(F)OCC(CF)C(CF)O1. The lowest BCUT2D eigenvalue weighted by atomic mass is 10.1. The van der Waals surface area contributed by atoms with Crippen molar-refractivity contribution in [3.8, 4) is 0 Å². The molecule has 0 saturated carbocycles. The topological polar surface area (TPSA) is 35.5 Å². The standard InChI is InChI=1S/C5H8F3O3P/c6-1-4-3-10-12(8,9)11-5(4)2-7/h4-5H,1-3H2. The van der Waals surface area contributed by atoms with Crippen LogP contribution in [0.4, 0.5) is 13.0 Å². The molecule has 0 amide bonds. The van der Waals surface area contributed by atoms with E-state index in [9.17, 15) is 17.5 Å². The predicted octanol–water partition coefficient (Wildman–Crippen LogP) is 2.03. The molecular weight excluding hydrogens is 196 g/mol. The van der Waals surface area contributed by atoms with Crippen LogP contribution in [-0.2, 0) is 13.6 Å². The molecule has 0 bridgehead atoms. The lowest BCUT2D eigenvalue weighted by Gasteiger charge is -2.28. The van der Waals surface area contributed by atoms with Crippen LogP contribution in [0.1, 0.15) is 0 Å². The smallest absolute Gasteiger partial charge is 0.283 e. The van der Waals surface area contributed by atoms with Crippen molar-refractivity contribution < 1.29 is 26.6 Å². The zero-order valence-electron chi connectivity index (χ0n) is 6.08. The molecule has 12 heavy (non-hydrogen) atoms. The Bertz CT molecular complexity index is 200. The van der Waals surface area contributed by atoms with Gasteiger partial charge in [-0.15, -0.1) is 4.20 Å². The molecule has 72 valence electrons. The third kappa shape index (κ3) is 2.21. The van der Waals surface area contributed by atoms with Crippen LogP contribution in [0.15, 0.2) is 0 Å². The highest BCUT2D eigenvalue weighted by Gasteiger charge is 2.40. The number of alkyl halides is 2. The van der Waals surface area contributed by atoms with Gasteiger partial charge >= 0.3 is 7.91 Å².